The van der Waals surface area contributed by atoms with Crippen LogP contribution in [0.2, 0.25) is 0 Å². The first-order valence-electron chi connectivity index (χ1n) is 9.86. The number of nitrogens with zero attached hydrogens (tertiary/aromatic N) is 1. The van der Waals surface area contributed by atoms with Crippen LogP contribution >= 0.6 is 0 Å². The molecule has 0 spiro atoms. The highest BCUT2D eigenvalue weighted by atomic mass is 19.1. The first-order valence-corrected chi connectivity index (χ1v) is 9.86. The number of carbonyl (C=O) groups excluding carboxylic acids is 1. The number of rotatable bonds is 7. The molecular formula is C24H23FN2O3. The summed E-state index contributed by atoms with van der Waals surface area (Å²) in [5.74, 6) is -0.574. The van der Waals surface area contributed by atoms with Gasteiger partial charge in [-0.15, -0.1) is 0 Å². The number of carbonyl (C=O) groups is 1. The number of amides is 1. The van der Waals surface area contributed by atoms with Gasteiger partial charge in [0.25, 0.3) is 5.91 Å². The van der Waals surface area contributed by atoms with Crippen molar-refractivity contribution in [3.05, 3.63) is 95.3 Å². The standard InChI is InChI=1S/C24H23FN2O3/c25-21-12-18(10-11-22(21)28)14-27-15-19(16-27)30-23-9-5-4-8-20(23)24(29)26-13-17-6-2-1-3-7-17/h1-12,19,28H,13-16H2,(H,26,29). The van der Waals surface area contributed by atoms with E-state index in [1.54, 1.807) is 18.2 Å². The third-order valence-electron chi connectivity index (χ3n) is 5.06. The highest BCUT2D eigenvalue weighted by Gasteiger charge is 2.29. The number of aromatic hydroxyl groups is 1. The third kappa shape index (κ3) is 4.78. The maximum Gasteiger partial charge on any atom is 0.255 e. The van der Waals surface area contributed by atoms with E-state index in [0.29, 0.717) is 37.5 Å². The molecule has 1 aliphatic heterocycles. The van der Waals surface area contributed by atoms with Gasteiger partial charge in [0.15, 0.2) is 11.6 Å². The first-order chi connectivity index (χ1) is 14.6. The number of ether oxygens (including phenoxy) is 1. The van der Waals surface area contributed by atoms with Crippen molar-refractivity contribution in [2.75, 3.05) is 13.1 Å². The number of likely N-dealkylation sites (tertiary alicyclic amines) is 1. The first kappa shape index (κ1) is 19.9. The topological polar surface area (TPSA) is 61.8 Å². The van der Waals surface area contributed by atoms with Gasteiger partial charge in [-0.3, -0.25) is 9.69 Å². The van der Waals surface area contributed by atoms with Gasteiger partial charge in [0.1, 0.15) is 11.9 Å². The van der Waals surface area contributed by atoms with Crippen molar-refractivity contribution in [1.29, 1.82) is 0 Å². The van der Waals surface area contributed by atoms with Crippen LogP contribution in [-0.4, -0.2) is 35.1 Å². The van der Waals surface area contributed by atoms with Crippen molar-refractivity contribution in [2.45, 2.75) is 19.2 Å². The van der Waals surface area contributed by atoms with Crippen LogP contribution in [0.4, 0.5) is 4.39 Å². The fourth-order valence-corrected chi connectivity index (χ4v) is 3.44. The van der Waals surface area contributed by atoms with Crippen molar-refractivity contribution in [2.24, 2.45) is 0 Å². The molecule has 1 fully saturated rings. The largest absolute Gasteiger partial charge is 0.505 e. The molecule has 0 unspecified atom stereocenters. The summed E-state index contributed by atoms with van der Waals surface area (Å²) in [4.78, 5) is 14.8. The SMILES string of the molecule is O=C(NCc1ccccc1)c1ccccc1OC1CN(Cc2ccc(O)c(F)c2)C1. The molecule has 2 N–H and O–H groups in total. The Morgan fingerprint density at radius 3 is 2.53 bits per heavy atom. The second kappa shape index (κ2) is 8.97. The van der Waals surface area contributed by atoms with Crippen molar-refractivity contribution in [1.82, 2.24) is 10.2 Å². The van der Waals surface area contributed by atoms with Gasteiger partial charge in [-0.2, -0.15) is 0 Å². The fourth-order valence-electron chi connectivity index (χ4n) is 3.44. The highest BCUT2D eigenvalue weighted by molar-refractivity contribution is 5.96. The number of hydrogen-bond donors (Lipinski definition) is 2. The highest BCUT2D eigenvalue weighted by Crippen LogP contribution is 2.24. The van der Waals surface area contributed by atoms with Crippen LogP contribution in [0.5, 0.6) is 11.5 Å². The molecule has 6 heteroatoms. The second-order valence-corrected chi connectivity index (χ2v) is 7.38. The average molecular weight is 406 g/mol. The molecule has 3 aromatic rings. The molecule has 1 saturated heterocycles. The van der Waals surface area contributed by atoms with Crippen molar-refractivity contribution >= 4 is 5.91 Å². The minimum Gasteiger partial charge on any atom is -0.505 e. The van der Waals surface area contributed by atoms with Gasteiger partial charge in [-0.25, -0.2) is 4.39 Å². The lowest BCUT2D eigenvalue weighted by Crippen LogP contribution is -2.53. The van der Waals surface area contributed by atoms with E-state index in [0.717, 1.165) is 11.1 Å². The monoisotopic (exact) mass is 406 g/mol. The predicted octanol–water partition coefficient (Wildman–Crippen LogP) is 3.72. The Hall–Kier alpha value is -3.38. The summed E-state index contributed by atoms with van der Waals surface area (Å²) in [6.45, 7) is 2.40. The van der Waals surface area contributed by atoms with Crippen LogP contribution in [0, 0.1) is 5.82 Å². The lowest BCUT2D eigenvalue weighted by atomic mass is 10.1. The number of nitrogens with one attached hydrogen (secondary N) is 1. The number of hydrogen-bond acceptors (Lipinski definition) is 4. The Morgan fingerprint density at radius 2 is 1.77 bits per heavy atom. The Labute approximate surface area is 174 Å². The molecule has 0 atom stereocenters. The van der Waals surface area contributed by atoms with Crippen molar-refractivity contribution in [3.63, 3.8) is 0 Å². The minimum absolute atomic E-state index is 0.0324. The second-order valence-electron chi connectivity index (χ2n) is 7.38. The lowest BCUT2D eigenvalue weighted by molar-refractivity contribution is 0.0140. The van der Waals surface area contributed by atoms with Gasteiger partial charge in [0.05, 0.1) is 5.56 Å². The molecule has 3 aromatic carbocycles. The van der Waals surface area contributed by atoms with Gasteiger partial charge < -0.3 is 15.2 Å². The summed E-state index contributed by atoms with van der Waals surface area (Å²) in [6.07, 6.45) is -0.0324. The van der Waals surface area contributed by atoms with Crippen LogP contribution in [0.15, 0.2) is 72.8 Å². The van der Waals surface area contributed by atoms with E-state index in [9.17, 15) is 14.3 Å². The van der Waals surface area contributed by atoms with Crippen molar-refractivity contribution < 1.29 is 19.0 Å². The van der Waals surface area contributed by atoms with E-state index in [-0.39, 0.29) is 17.8 Å². The van der Waals surface area contributed by atoms with Gasteiger partial charge >= 0.3 is 0 Å². The average Bonchev–Trinajstić information content (AvgIpc) is 2.74. The van der Waals surface area contributed by atoms with E-state index < -0.39 is 5.82 Å². The summed E-state index contributed by atoms with van der Waals surface area (Å²) >= 11 is 0. The number of phenolic OH excluding ortho intramolecular Hbond substituents is 1. The van der Waals surface area contributed by atoms with Crippen LogP contribution in [0.25, 0.3) is 0 Å². The zero-order valence-corrected chi connectivity index (χ0v) is 16.4. The van der Waals surface area contributed by atoms with Crippen molar-refractivity contribution in [3.8, 4) is 11.5 Å². The van der Waals surface area contributed by atoms with Crippen LogP contribution < -0.4 is 10.1 Å². The zero-order valence-electron chi connectivity index (χ0n) is 16.4. The summed E-state index contributed by atoms with van der Waals surface area (Å²) in [5.41, 5.74) is 2.33. The van der Waals surface area contributed by atoms with Crippen LogP contribution in [-0.2, 0) is 13.1 Å². The van der Waals surface area contributed by atoms with Gasteiger partial charge in [0.2, 0.25) is 0 Å². The smallest absolute Gasteiger partial charge is 0.255 e. The predicted molar refractivity (Wildman–Crippen MR) is 112 cm³/mol. The molecule has 0 aromatic heterocycles. The van der Waals surface area contributed by atoms with Gasteiger partial charge in [0, 0.05) is 26.2 Å². The number of benzene rings is 3. The molecule has 0 radical (unpaired) electrons. The molecule has 4 rings (SSSR count). The van der Waals surface area contributed by atoms with E-state index >= 15 is 0 Å². The summed E-state index contributed by atoms with van der Waals surface area (Å²) in [7, 11) is 0. The lowest BCUT2D eigenvalue weighted by Gasteiger charge is -2.39. The van der Waals surface area contributed by atoms with Crippen LogP contribution in [0.1, 0.15) is 21.5 Å². The molecule has 30 heavy (non-hydrogen) atoms. The Balaban J connectivity index is 1.31. The van der Waals surface area contributed by atoms with Gasteiger partial charge in [-0.05, 0) is 35.4 Å². The van der Waals surface area contributed by atoms with E-state index in [1.807, 2.05) is 42.5 Å². The van der Waals surface area contributed by atoms with Crippen LogP contribution in [0.3, 0.4) is 0 Å². The molecule has 0 bridgehead atoms. The fraction of sp³-hybridized carbons (Fsp3) is 0.208. The maximum atomic E-state index is 13.5. The number of halogens is 1. The molecule has 154 valence electrons. The number of phenols is 1. The molecule has 1 amide bonds. The normalized spacial score (nSPS) is 14.2. The summed E-state index contributed by atoms with van der Waals surface area (Å²) in [6, 6.07) is 21.4. The molecule has 0 aliphatic carbocycles. The van der Waals surface area contributed by atoms with E-state index in [4.69, 9.17) is 4.74 Å². The molecule has 1 aliphatic rings. The van der Waals surface area contributed by atoms with E-state index in [1.165, 1.54) is 12.1 Å². The number of para-hydroxylation sites is 1. The Morgan fingerprint density at radius 1 is 1.03 bits per heavy atom. The van der Waals surface area contributed by atoms with Gasteiger partial charge in [-0.1, -0.05) is 48.5 Å². The zero-order chi connectivity index (χ0) is 20.9. The molecule has 0 saturated carbocycles. The molecular weight excluding hydrogens is 383 g/mol. The third-order valence-corrected chi connectivity index (χ3v) is 5.06. The maximum absolute atomic E-state index is 13.5. The van der Waals surface area contributed by atoms with E-state index in [2.05, 4.69) is 10.2 Å². The quantitative estimate of drug-likeness (QED) is 0.628. The summed E-state index contributed by atoms with van der Waals surface area (Å²) < 4.78 is 19.5. The summed E-state index contributed by atoms with van der Waals surface area (Å²) in [5, 5.41) is 12.2. The Bertz CT molecular complexity index is 1020. The minimum atomic E-state index is -0.615. The molecule has 5 nitrogen and oxygen atoms in total. The Kier molecular flexibility index (Phi) is 5.95. The molecule has 1 heterocycles.